The molecule has 0 spiro atoms. The Labute approximate surface area is 142 Å². The third-order valence-corrected chi connectivity index (χ3v) is 4.45. The number of aromatic nitrogens is 5. The average molecular weight is 356 g/mol. The molecule has 7 nitrogen and oxygen atoms in total. The minimum Gasteiger partial charge on any atom is -0.301 e. The summed E-state index contributed by atoms with van der Waals surface area (Å²) in [4.78, 5) is 17.5. The van der Waals surface area contributed by atoms with Crippen molar-refractivity contribution < 1.29 is 13.2 Å². The summed E-state index contributed by atoms with van der Waals surface area (Å²) in [5.41, 5.74) is -1.80. The van der Waals surface area contributed by atoms with E-state index in [0.29, 0.717) is 12.6 Å². The van der Waals surface area contributed by atoms with Crippen molar-refractivity contribution >= 4 is 0 Å². The van der Waals surface area contributed by atoms with Gasteiger partial charge in [-0.15, -0.1) is 5.10 Å². The summed E-state index contributed by atoms with van der Waals surface area (Å²) < 4.78 is 40.7. The van der Waals surface area contributed by atoms with Crippen LogP contribution in [0.5, 0.6) is 0 Å². The molecule has 136 valence electrons. The quantitative estimate of drug-likeness (QED) is 0.807. The van der Waals surface area contributed by atoms with Gasteiger partial charge in [0.1, 0.15) is 0 Å². The zero-order valence-corrected chi connectivity index (χ0v) is 13.6. The number of hydrogen-bond donors (Lipinski definition) is 0. The van der Waals surface area contributed by atoms with E-state index >= 15 is 0 Å². The van der Waals surface area contributed by atoms with Crippen LogP contribution in [-0.4, -0.2) is 49.1 Å². The molecule has 0 radical (unpaired) electrons. The second-order valence-corrected chi connectivity index (χ2v) is 6.21. The molecular weight excluding hydrogens is 337 g/mol. The van der Waals surface area contributed by atoms with Gasteiger partial charge >= 0.3 is 6.18 Å². The lowest BCUT2D eigenvalue weighted by Gasteiger charge is -2.32. The van der Waals surface area contributed by atoms with Crippen LogP contribution in [0.25, 0.3) is 0 Å². The van der Waals surface area contributed by atoms with E-state index in [1.54, 1.807) is 10.9 Å². The van der Waals surface area contributed by atoms with Crippen LogP contribution in [0.15, 0.2) is 29.6 Å². The van der Waals surface area contributed by atoms with Crippen molar-refractivity contribution in [2.24, 2.45) is 5.92 Å². The SMILES string of the molecule is O=c1cc(C(F)(F)F)ncn1CC1CCN(CCn2ccnn2)CC1. The number of likely N-dealkylation sites (tertiary alicyclic amines) is 1. The molecule has 1 aliphatic heterocycles. The van der Waals surface area contributed by atoms with E-state index in [4.69, 9.17) is 0 Å². The maximum Gasteiger partial charge on any atom is 0.433 e. The van der Waals surface area contributed by atoms with Gasteiger partial charge in [-0.2, -0.15) is 13.2 Å². The molecule has 0 N–H and O–H groups in total. The number of hydrogen-bond acceptors (Lipinski definition) is 5. The summed E-state index contributed by atoms with van der Waals surface area (Å²) >= 11 is 0. The molecule has 2 aromatic rings. The van der Waals surface area contributed by atoms with Crippen LogP contribution in [0, 0.1) is 5.92 Å². The Hall–Kier alpha value is -2.23. The fraction of sp³-hybridized carbons (Fsp3) is 0.600. The molecule has 0 unspecified atom stereocenters. The molecule has 2 aromatic heterocycles. The van der Waals surface area contributed by atoms with E-state index in [9.17, 15) is 18.0 Å². The van der Waals surface area contributed by atoms with Crippen molar-refractivity contribution in [3.05, 3.63) is 40.8 Å². The highest BCUT2D eigenvalue weighted by molar-refractivity contribution is 5.03. The first kappa shape index (κ1) is 17.6. The second-order valence-electron chi connectivity index (χ2n) is 6.21. The molecule has 0 saturated carbocycles. The second kappa shape index (κ2) is 7.34. The molecule has 1 saturated heterocycles. The van der Waals surface area contributed by atoms with Crippen LogP contribution in [0.2, 0.25) is 0 Å². The fourth-order valence-corrected chi connectivity index (χ4v) is 2.98. The van der Waals surface area contributed by atoms with Crippen LogP contribution in [0.1, 0.15) is 18.5 Å². The molecule has 3 rings (SSSR count). The molecule has 0 aromatic carbocycles. The van der Waals surface area contributed by atoms with E-state index in [1.807, 2.05) is 6.20 Å². The largest absolute Gasteiger partial charge is 0.433 e. The molecule has 0 aliphatic carbocycles. The zero-order valence-electron chi connectivity index (χ0n) is 13.6. The van der Waals surface area contributed by atoms with Gasteiger partial charge in [-0.1, -0.05) is 5.21 Å². The van der Waals surface area contributed by atoms with Gasteiger partial charge in [-0.25, -0.2) is 4.98 Å². The Kier molecular flexibility index (Phi) is 5.16. The van der Waals surface area contributed by atoms with Crippen LogP contribution in [0.4, 0.5) is 13.2 Å². The van der Waals surface area contributed by atoms with Crippen molar-refractivity contribution in [3.8, 4) is 0 Å². The Morgan fingerprint density at radius 2 is 1.96 bits per heavy atom. The number of rotatable bonds is 5. The lowest BCUT2D eigenvalue weighted by atomic mass is 9.96. The number of nitrogens with zero attached hydrogens (tertiary/aromatic N) is 6. The van der Waals surface area contributed by atoms with Crippen molar-refractivity contribution in [3.63, 3.8) is 0 Å². The predicted octanol–water partition coefficient (Wildman–Crippen LogP) is 1.27. The van der Waals surface area contributed by atoms with Crippen LogP contribution in [-0.2, 0) is 19.3 Å². The van der Waals surface area contributed by atoms with E-state index in [1.165, 1.54) is 4.57 Å². The van der Waals surface area contributed by atoms with Crippen molar-refractivity contribution in [1.29, 1.82) is 0 Å². The Morgan fingerprint density at radius 1 is 1.20 bits per heavy atom. The zero-order chi connectivity index (χ0) is 17.9. The first-order valence-electron chi connectivity index (χ1n) is 8.12. The predicted molar refractivity (Wildman–Crippen MR) is 82.7 cm³/mol. The molecule has 10 heteroatoms. The standard InChI is InChI=1S/C15H19F3N6O/c16-15(17,18)13-9-14(25)23(11-19-13)10-12-1-4-22(5-2-12)7-8-24-6-3-20-21-24/h3,6,9,11-12H,1-2,4-5,7-8,10H2. The number of halogens is 3. The van der Waals surface area contributed by atoms with Crippen molar-refractivity contribution in [1.82, 2.24) is 29.4 Å². The van der Waals surface area contributed by atoms with Gasteiger partial charge in [0.2, 0.25) is 0 Å². The van der Waals surface area contributed by atoms with Gasteiger partial charge in [-0.05, 0) is 31.8 Å². The highest BCUT2D eigenvalue weighted by atomic mass is 19.4. The molecule has 25 heavy (non-hydrogen) atoms. The van der Waals surface area contributed by atoms with Gasteiger partial charge in [0, 0.05) is 25.4 Å². The fourth-order valence-electron chi connectivity index (χ4n) is 2.98. The molecule has 3 heterocycles. The van der Waals surface area contributed by atoms with Gasteiger partial charge in [0.15, 0.2) is 5.69 Å². The summed E-state index contributed by atoms with van der Waals surface area (Å²) in [6, 6.07) is 0.563. The third-order valence-electron chi connectivity index (χ3n) is 4.45. The van der Waals surface area contributed by atoms with E-state index < -0.39 is 17.4 Å². The molecular formula is C15H19F3N6O. The van der Waals surface area contributed by atoms with Crippen molar-refractivity contribution in [2.45, 2.75) is 32.1 Å². The average Bonchev–Trinajstić information content (AvgIpc) is 3.08. The van der Waals surface area contributed by atoms with E-state index in [0.717, 1.165) is 45.3 Å². The maximum atomic E-state index is 12.5. The Morgan fingerprint density at radius 3 is 2.56 bits per heavy atom. The molecule has 1 fully saturated rings. The summed E-state index contributed by atoms with van der Waals surface area (Å²) in [6.07, 6.45) is 1.66. The minimum absolute atomic E-state index is 0.263. The normalized spacial score (nSPS) is 17.1. The van der Waals surface area contributed by atoms with Crippen LogP contribution in [0.3, 0.4) is 0 Å². The lowest BCUT2D eigenvalue weighted by molar-refractivity contribution is -0.141. The summed E-state index contributed by atoms with van der Waals surface area (Å²) in [5, 5.41) is 7.68. The third kappa shape index (κ3) is 4.65. The first-order valence-corrected chi connectivity index (χ1v) is 8.12. The topological polar surface area (TPSA) is 68.8 Å². The van der Waals surface area contributed by atoms with Gasteiger partial charge in [0.05, 0.1) is 19.1 Å². The Balaban J connectivity index is 1.49. The maximum absolute atomic E-state index is 12.5. The summed E-state index contributed by atoms with van der Waals surface area (Å²) in [6.45, 7) is 3.83. The van der Waals surface area contributed by atoms with Crippen LogP contribution < -0.4 is 5.56 Å². The lowest BCUT2D eigenvalue weighted by Crippen LogP contribution is -2.38. The monoisotopic (exact) mass is 356 g/mol. The smallest absolute Gasteiger partial charge is 0.301 e. The molecule has 0 atom stereocenters. The minimum atomic E-state index is -4.59. The molecule has 0 bridgehead atoms. The number of alkyl halides is 3. The highest BCUT2D eigenvalue weighted by Crippen LogP contribution is 2.26. The number of piperidine rings is 1. The van der Waals surface area contributed by atoms with E-state index in [-0.39, 0.29) is 5.92 Å². The Bertz CT molecular complexity index is 734. The van der Waals surface area contributed by atoms with Gasteiger partial charge < -0.3 is 4.90 Å². The van der Waals surface area contributed by atoms with Crippen LogP contribution >= 0.6 is 0 Å². The summed E-state index contributed by atoms with van der Waals surface area (Å²) in [5.74, 6) is 0.263. The highest BCUT2D eigenvalue weighted by Gasteiger charge is 2.33. The molecule has 0 amide bonds. The molecule has 1 aliphatic rings. The van der Waals surface area contributed by atoms with Crippen molar-refractivity contribution in [2.75, 3.05) is 19.6 Å². The first-order chi connectivity index (χ1) is 11.9. The van der Waals surface area contributed by atoms with Gasteiger partial charge in [0.25, 0.3) is 5.56 Å². The van der Waals surface area contributed by atoms with E-state index in [2.05, 4.69) is 20.2 Å². The van der Waals surface area contributed by atoms with Gasteiger partial charge in [-0.3, -0.25) is 14.0 Å². The summed E-state index contributed by atoms with van der Waals surface area (Å²) in [7, 11) is 0.